The van der Waals surface area contributed by atoms with Crippen LogP contribution >= 0.6 is 0 Å². The van der Waals surface area contributed by atoms with Crippen molar-refractivity contribution in [2.45, 2.75) is 31.9 Å². The largest absolute Gasteiger partial charge is 0.573 e. The van der Waals surface area contributed by atoms with Crippen LogP contribution in [0.2, 0.25) is 0 Å². The zero-order valence-electron chi connectivity index (χ0n) is 16.8. The topological polar surface area (TPSA) is 112 Å². The van der Waals surface area contributed by atoms with Gasteiger partial charge in [0.2, 0.25) is 11.6 Å². The van der Waals surface area contributed by atoms with Crippen molar-refractivity contribution in [2.75, 3.05) is 18.5 Å². The van der Waals surface area contributed by atoms with Crippen molar-refractivity contribution in [3.63, 3.8) is 0 Å². The van der Waals surface area contributed by atoms with Gasteiger partial charge in [-0.05, 0) is 30.7 Å². The van der Waals surface area contributed by atoms with Gasteiger partial charge in [-0.25, -0.2) is 9.48 Å². The Kier molecular flexibility index (Phi) is 5.74. The molecule has 3 aromatic rings. The maximum atomic E-state index is 12.6. The van der Waals surface area contributed by atoms with Crippen LogP contribution in [-0.2, 0) is 16.1 Å². The number of hydrogen-bond acceptors (Lipinski definition) is 7. The Morgan fingerprint density at radius 1 is 1.28 bits per heavy atom. The molecule has 10 nitrogen and oxygen atoms in total. The highest BCUT2D eigenvalue weighted by Crippen LogP contribution is 2.24. The molecule has 1 atom stereocenters. The highest BCUT2D eigenvalue weighted by atomic mass is 19.4. The van der Waals surface area contributed by atoms with Crippen LogP contribution in [0.25, 0.3) is 5.65 Å². The minimum atomic E-state index is -4.78. The molecule has 2 N–H and O–H groups in total. The number of amides is 1. The number of aromatic nitrogens is 4. The van der Waals surface area contributed by atoms with Gasteiger partial charge in [-0.3, -0.25) is 4.79 Å². The number of anilines is 1. The van der Waals surface area contributed by atoms with E-state index in [4.69, 9.17) is 4.74 Å². The summed E-state index contributed by atoms with van der Waals surface area (Å²) in [5.74, 6) is -0.859. The molecule has 13 heteroatoms. The van der Waals surface area contributed by atoms with E-state index < -0.39 is 24.0 Å². The second-order valence-electron chi connectivity index (χ2n) is 7.21. The third-order valence-corrected chi connectivity index (χ3v) is 4.76. The van der Waals surface area contributed by atoms with E-state index >= 15 is 0 Å². The standard InChI is InChI=1S/C19H19F3N6O4/c1-11(12-2-4-14(5-3-12)32-19(20,21)22)24-16(29)8-27-18(30)28-17(26-27)15(6-7-23-28)25-13-9-31-10-13/h2-7,11,13,25H,8-10H2,1H3,(H,24,29)/t11-/m0/s1. The van der Waals surface area contributed by atoms with Gasteiger partial charge in [0.25, 0.3) is 0 Å². The summed E-state index contributed by atoms with van der Waals surface area (Å²) in [6.07, 6.45) is -3.32. The molecule has 0 bridgehead atoms. The number of fused-ring (bicyclic) bond motifs is 1. The van der Waals surface area contributed by atoms with Gasteiger partial charge in [0.1, 0.15) is 12.3 Å². The quantitative estimate of drug-likeness (QED) is 0.559. The first-order valence-corrected chi connectivity index (χ1v) is 9.64. The fourth-order valence-corrected chi connectivity index (χ4v) is 3.14. The number of hydrogen-bond donors (Lipinski definition) is 2. The molecule has 0 unspecified atom stereocenters. The molecule has 1 amide bonds. The van der Waals surface area contributed by atoms with E-state index in [1.54, 1.807) is 13.0 Å². The predicted molar refractivity (Wildman–Crippen MR) is 105 cm³/mol. The first kappa shape index (κ1) is 21.6. The molecule has 170 valence electrons. The van der Waals surface area contributed by atoms with Crippen molar-refractivity contribution < 1.29 is 27.4 Å². The molecule has 0 aliphatic carbocycles. The molecular formula is C19H19F3N6O4. The number of halogens is 3. The van der Waals surface area contributed by atoms with Crippen molar-refractivity contribution in [3.05, 3.63) is 52.6 Å². The molecule has 0 saturated carbocycles. The maximum absolute atomic E-state index is 12.6. The Balaban J connectivity index is 1.43. The van der Waals surface area contributed by atoms with Gasteiger partial charge in [0, 0.05) is 0 Å². The molecular weight excluding hydrogens is 433 g/mol. The van der Waals surface area contributed by atoms with Crippen LogP contribution in [-0.4, -0.2) is 50.9 Å². The van der Waals surface area contributed by atoms with E-state index in [1.807, 2.05) is 0 Å². The number of nitrogens with one attached hydrogen (secondary N) is 2. The number of benzene rings is 1. The van der Waals surface area contributed by atoms with Crippen molar-refractivity contribution >= 4 is 17.2 Å². The van der Waals surface area contributed by atoms with Crippen LogP contribution in [0, 0.1) is 0 Å². The fourth-order valence-electron chi connectivity index (χ4n) is 3.14. The lowest BCUT2D eigenvalue weighted by molar-refractivity contribution is -0.274. The van der Waals surface area contributed by atoms with Crippen molar-refractivity contribution in [1.29, 1.82) is 0 Å². The summed E-state index contributed by atoms with van der Waals surface area (Å²) in [5.41, 5.74) is 0.862. The van der Waals surface area contributed by atoms with Gasteiger partial charge in [-0.15, -0.1) is 18.3 Å². The summed E-state index contributed by atoms with van der Waals surface area (Å²) < 4.78 is 47.8. The average Bonchev–Trinajstić information content (AvgIpc) is 3.00. The molecule has 4 rings (SSSR count). The molecule has 1 aliphatic heterocycles. The number of alkyl halides is 3. The van der Waals surface area contributed by atoms with Crippen molar-refractivity contribution in [2.24, 2.45) is 0 Å². The summed E-state index contributed by atoms with van der Waals surface area (Å²) >= 11 is 0. The van der Waals surface area contributed by atoms with E-state index in [1.165, 1.54) is 18.3 Å². The lowest BCUT2D eigenvalue weighted by Crippen LogP contribution is -2.40. The Hall–Kier alpha value is -3.61. The lowest BCUT2D eigenvalue weighted by atomic mass is 10.1. The molecule has 32 heavy (non-hydrogen) atoms. The first-order chi connectivity index (χ1) is 15.2. The van der Waals surface area contributed by atoms with Crippen molar-refractivity contribution in [1.82, 2.24) is 24.7 Å². The Morgan fingerprint density at radius 2 is 2.00 bits per heavy atom. The van der Waals surface area contributed by atoms with E-state index in [0.717, 1.165) is 21.3 Å². The molecule has 1 aliphatic rings. The van der Waals surface area contributed by atoms with E-state index in [2.05, 4.69) is 25.6 Å². The zero-order valence-corrected chi connectivity index (χ0v) is 16.8. The molecule has 2 aromatic heterocycles. The number of carbonyl (C=O) groups excluding carboxylic acids is 1. The van der Waals surface area contributed by atoms with E-state index in [-0.39, 0.29) is 24.0 Å². The second-order valence-corrected chi connectivity index (χ2v) is 7.21. The minimum absolute atomic E-state index is 0.110. The highest BCUT2D eigenvalue weighted by Gasteiger charge is 2.31. The monoisotopic (exact) mass is 452 g/mol. The lowest BCUT2D eigenvalue weighted by Gasteiger charge is -2.27. The first-order valence-electron chi connectivity index (χ1n) is 9.64. The second kappa shape index (κ2) is 8.49. The number of nitrogens with zero attached hydrogens (tertiary/aromatic N) is 4. The molecule has 0 radical (unpaired) electrons. The normalized spacial score (nSPS) is 15.2. The SMILES string of the molecule is C[C@H](NC(=O)Cn1nc2c(NC3COC3)ccnn2c1=O)c1ccc(OC(F)(F)F)cc1. The van der Waals surface area contributed by atoms with Crippen LogP contribution in [0.1, 0.15) is 18.5 Å². The number of rotatable bonds is 7. The van der Waals surface area contributed by atoms with Crippen molar-refractivity contribution in [3.8, 4) is 5.75 Å². The third kappa shape index (κ3) is 4.82. The summed E-state index contributed by atoms with van der Waals surface area (Å²) in [5, 5.41) is 14.1. The molecule has 0 spiro atoms. The number of ether oxygens (including phenoxy) is 2. The highest BCUT2D eigenvalue weighted by molar-refractivity contribution is 5.76. The number of carbonyl (C=O) groups is 1. The maximum Gasteiger partial charge on any atom is 0.573 e. The Morgan fingerprint density at radius 3 is 2.62 bits per heavy atom. The average molecular weight is 452 g/mol. The Labute approximate surface area is 178 Å². The predicted octanol–water partition coefficient (Wildman–Crippen LogP) is 1.48. The van der Waals surface area contributed by atoms with Gasteiger partial charge >= 0.3 is 12.1 Å². The molecule has 1 aromatic carbocycles. The van der Waals surface area contributed by atoms with Crippen LogP contribution in [0.15, 0.2) is 41.3 Å². The molecule has 1 saturated heterocycles. The third-order valence-electron chi connectivity index (χ3n) is 4.76. The van der Waals surface area contributed by atoms with E-state index in [9.17, 15) is 22.8 Å². The summed E-state index contributed by atoms with van der Waals surface area (Å²) in [6, 6.07) is 6.41. The van der Waals surface area contributed by atoms with Gasteiger partial charge in [-0.2, -0.15) is 9.61 Å². The molecule has 3 heterocycles. The van der Waals surface area contributed by atoms with E-state index in [0.29, 0.717) is 24.5 Å². The van der Waals surface area contributed by atoms with Gasteiger partial charge in [-0.1, -0.05) is 12.1 Å². The zero-order chi connectivity index (χ0) is 22.9. The van der Waals surface area contributed by atoms with Crippen LogP contribution < -0.4 is 21.1 Å². The smallest absolute Gasteiger partial charge is 0.406 e. The van der Waals surface area contributed by atoms with Gasteiger partial charge in [0.05, 0.1) is 37.2 Å². The summed E-state index contributed by atoms with van der Waals surface area (Å²) in [6.45, 7) is 2.40. The summed E-state index contributed by atoms with van der Waals surface area (Å²) in [4.78, 5) is 25.0. The fraction of sp³-hybridized carbons (Fsp3) is 0.368. The van der Waals surface area contributed by atoms with Crippen LogP contribution in [0.4, 0.5) is 18.9 Å². The minimum Gasteiger partial charge on any atom is -0.406 e. The summed E-state index contributed by atoms with van der Waals surface area (Å²) in [7, 11) is 0. The van der Waals surface area contributed by atoms with Gasteiger partial charge in [0.15, 0.2) is 0 Å². The van der Waals surface area contributed by atoms with Crippen LogP contribution in [0.5, 0.6) is 5.75 Å². The van der Waals surface area contributed by atoms with Gasteiger partial charge < -0.3 is 20.1 Å². The Bertz CT molecular complexity index is 1170. The molecule has 1 fully saturated rings. The van der Waals surface area contributed by atoms with Crippen LogP contribution in [0.3, 0.4) is 0 Å².